The zero-order chi connectivity index (χ0) is 19.6. The van der Waals surface area contributed by atoms with Crippen LogP contribution in [0.25, 0.3) is 5.69 Å². The molecular weight excluding hydrogens is 364 g/mol. The number of hydrogen-bond donors (Lipinski definition) is 1. The van der Waals surface area contributed by atoms with Crippen molar-refractivity contribution in [3.05, 3.63) is 47.3 Å². The molecule has 0 aliphatic carbocycles. The third-order valence-electron chi connectivity index (χ3n) is 4.88. The van der Waals surface area contributed by atoms with Crippen molar-refractivity contribution in [1.82, 2.24) is 20.0 Å². The van der Waals surface area contributed by atoms with Gasteiger partial charge in [0.05, 0.1) is 29.4 Å². The highest BCUT2D eigenvalue weighted by molar-refractivity contribution is 7.91. The van der Waals surface area contributed by atoms with Gasteiger partial charge in [0.15, 0.2) is 9.84 Å². The standard InChI is InChI=1S/C19H26N4O3S/c1-14-18(15(2)23(21-14)17-7-5-4-6-8-17)11-22(3)12-19(24)20-16-9-10-27(25,26)13-16/h4-8,16H,9-13H2,1-3H3,(H,20,24). The fraction of sp³-hybridized carbons (Fsp3) is 0.474. The second-order valence-corrected chi connectivity index (χ2v) is 9.47. The number of para-hydroxylation sites is 1. The van der Waals surface area contributed by atoms with E-state index in [-0.39, 0.29) is 30.0 Å². The summed E-state index contributed by atoms with van der Waals surface area (Å²) in [7, 11) is -1.11. The van der Waals surface area contributed by atoms with Crippen LogP contribution in [0.4, 0.5) is 0 Å². The number of aryl methyl sites for hydroxylation is 1. The number of likely N-dealkylation sites (N-methyl/N-ethyl adjacent to an activating group) is 1. The molecule has 146 valence electrons. The van der Waals surface area contributed by atoms with Crippen LogP contribution in [0.2, 0.25) is 0 Å². The Kier molecular flexibility index (Phi) is 5.67. The monoisotopic (exact) mass is 390 g/mol. The van der Waals surface area contributed by atoms with Gasteiger partial charge in [-0.05, 0) is 39.4 Å². The van der Waals surface area contributed by atoms with Gasteiger partial charge in [-0.1, -0.05) is 18.2 Å². The van der Waals surface area contributed by atoms with Crippen molar-refractivity contribution in [2.45, 2.75) is 32.9 Å². The van der Waals surface area contributed by atoms with Crippen LogP contribution in [-0.2, 0) is 21.2 Å². The summed E-state index contributed by atoms with van der Waals surface area (Å²) in [5, 5.41) is 7.47. The molecule has 1 fully saturated rings. The molecule has 1 aliphatic rings. The van der Waals surface area contributed by atoms with Gasteiger partial charge in [0, 0.05) is 23.8 Å². The lowest BCUT2D eigenvalue weighted by molar-refractivity contribution is -0.122. The van der Waals surface area contributed by atoms with Gasteiger partial charge in [-0.3, -0.25) is 9.69 Å². The van der Waals surface area contributed by atoms with Gasteiger partial charge in [0.2, 0.25) is 5.91 Å². The van der Waals surface area contributed by atoms with Crippen LogP contribution in [-0.4, -0.2) is 60.1 Å². The Morgan fingerprint density at radius 3 is 2.63 bits per heavy atom. The number of amides is 1. The van der Waals surface area contributed by atoms with E-state index in [9.17, 15) is 13.2 Å². The molecule has 1 amide bonds. The SMILES string of the molecule is Cc1nn(-c2ccccc2)c(C)c1CN(C)CC(=O)NC1CCS(=O)(=O)C1. The first-order chi connectivity index (χ1) is 12.7. The van der Waals surface area contributed by atoms with Crippen LogP contribution in [0.3, 0.4) is 0 Å². The predicted molar refractivity (Wildman–Crippen MR) is 105 cm³/mol. The Labute approximate surface area is 160 Å². The van der Waals surface area contributed by atoms with Crippen LogP contribution in [0.5, 0.6) is 0 Å². The number of hydrogen-bond acceptors (Lipinski definition) is 5. The molecule has 1 atom stereocenters. The number of nitrogens with zero attached hydrogens (tertiary/aromatic N) is 3. The summed E-state index contributed by atoms with van der Waals surface area (Å²) in [6.07, 6.45) is 0.500. The Bertz CT molecular complexity index is 922. The fourth-order valence-electron chi connectivity index (χ4n) is 3.48. The van der Waals surface area contributed by atoms with Crippen LogP contribution in [0.1, 0.15) is 23.4 Å². The summed E-state index contributed by atoms with van der Waals surface area (Å²) in [5.41, 5.74) is 4.09. The van der Waals surface area contributed by atoms with E-state index in [4.69, 9.17) is 0 Å². The van der Waals surface area contributed by atoms with Gasteiger partial charge in [-0.2, -0.15) is 5.10 Å². The van der Waals surface area contributed by atoms with Crippen molar-refractivity contribution in [1.29, 1.82) is 0 Å². The molecule has 1 saturated heterocycles. The van der Waals surface area contributed by atoms with E-state index in [2.05, 4.69) is 10.4 Å². The average molecular weight is 391 g/mol. The molecule has 1 aromatic carbocycles. The molecule has 2 heterocycles. The Morgan fingerprint density at radius 1 is 1.30 bits per heavy atom. The largest absolute Gasteiger partial charge is 0.351 e. The zero-order valence-electron chi connectivity index (χ0n) is 16.0. The van der Waals surface area contributed by atoms with Gasteiger partial charge in [0.1, 0.15) is 0 Å². The second kappa shape index (κ2) is 7.82. The number of carbonyl (C=O) groups excluding carboxylic acids is 1. The van der Waals surface area contributed by atoms with Gasteiger partial charge in [-0.15, -0.1) is 0 Å². The van der Waals surface area contributed by atoms with E-state index in [1.807, 2.05) is 60.8 Å². The van der Waals surface area contributed by atoms with Crippen LogP contribution in [0.15, 0.2) is 30.3 Å². The van der Waals surface area contributed by atoms with E-state index in [0.29, 0.717) is 13.0 Å². The lowest BCUT2D eigenvalue weighted by Crippen LogP contribution is -2.41. The minimum absolute atomic E-state index is 0.0461. The van der Waals surface area contributed by atoms with E-state index < -0.39 is 9.84 Å². The quantitative estimate of drug-likeness (QED) is 0.802. The summed E-state index contributed by atoms with van der Waals surface area (Å²) >= 11 is 0. The van der Waals surface area contributed by atoms with Crippen molar-refractivity contribution in [3.63, 3.8) is 0 Å². The van der Waals surface area contributed by atoms with Crippen LogP contribution >= 0.6 is 0 Å². The third kappa shape index (κ3) is 4.75. The normalized spacial score (nSPS) is 18.7. The number of carbonyl (C=O) groups is 1. The van der Waals surface area contributed by atoms with Crippen molar-refractivity contribution in [2.24, 2.45) is 0 Å². The average Bonchev–Trinajstić information content (AvgIpc) is 3.08. The minimum Gasteiger partial charge on any atom is -0.351 e. The highest BCUT2D eigenvalue weighted by Gasteiger charge is 2.29. The van der Waals surface area contributed by atoms with Crippen molar-refractivity contribution in [2.75, 3.05) is 25.1 Å². The number of benzene rings is 1. The Hall–Kier alpha value is -2.19. The minimum atomic E-state index is -2.99. The first kappa shape index (κ1) is 19.6. The molecule has 1 aromatic heterocycles. The summed E-state index contributed by atoms with van der Waals surface area (Å²) in [5.74, 6) is 0.0559. The van der Waals surface area contributed by atoms with Crippen molar-refractivity contribution >= 4 is 15.7 Å². The summed E-state index contributed by atoms with van der Waals surface area (Å²) < 4.78 is 24.9. The lowest BCUT2D eigenvalue weighted by atomic mass is 10.2. The van der Waals surface area contributed by atoms with E-state index in [1.165, 1.54) is 0 Å². The predicted octanol–water partition coefficient (Wildman–Crippen LogP) is 1.22. The molecule has 0 bridgehead atoms. The molecule has 3 rings (SSSR count). The Balaban J connectivity index is 1.62. The maximum atomic E-state index is 12.2. The smallest absolute Gasteiger partial charge is 0.234 e. The van der Waals surface area contributed by atoms with Gasteiger partial charge in [-0.25, -0.2) is 13.1 Å². The highest BCUT2D eigenvalue weighted by Crippen LogP contribution is 2.19. The molecule has 1 aliphatic heterocycles. The molecule has 1 N–H and O–H groups in total. The van der Waals surface area contributed by atoms with E-state index in [1.54, 1.807) is 0 Å². The molecule has 2 aromatic rings. The first-order valence-electron chi connectivity index (χ1n) is 9.04. The number of sulfone groups is 1. The van der Waals surface area contributed by atoms with Crippen molar-refractivity contribution < 1.29 is 13.2 Å². The summed E-state index contributed by atoms with van der Waals surface area (Å²) in [6.45, 7) is 4.81. The molecule has 7 nitrogen and oxygen atoms in total. The second-order valence-electron chi connectivity index (χ2n) is 7.24. The number of nitrogens with one attached hydrogen (secondary N) is 1. The van der Waals surface area contributed by atoms with Crippen molar-refractivity contribution in [3.8, 4) is 5.69 Å². The summed E-state index contributed by atoms with van der Waals surface area (Å²) in [6, 6.07) is 9.68. The summed E-state index contributed by atoms with van der Waals surface area (Å²) in [4.78, 5) is 14.2. The topological polar surface area (TPSA) is 84.3 Å². The molecule has 8 heteroatoms. The molecule has 0 radical (unpaired) electrons. The van der Waals surface area contributed by atoms with Crippen LogP contribution < -0.4 is 5.32 Å². The van der Waals surface area contributed by atoms with Gasteiger partial charge in [0.25, 0.3) is 0 Å². The number of rotatable bonds is 6. The first-order valence-corrected chi connectivity index (χ1v) is 10.9. The molecule has 0 spiro atoms. The molecule has 27 heavy (non-hydrogen) atoms. The maximum absolute atomic E-state index is 12.2. The lowest BCUT2D eigenvalue weighted by Gasteiger charge is -2.18. The molecular formula is C19H26N4O3S. The van der Waals surface area contributed by atoms with Gasteiger partial charge < -0.3 is 5.32 Å². The zero-order valence-corrected chi connectivity index (χ0v) is 16.8. The van der Waals surface area contributed by atoms with E-state index >= 15 is 0 Å². The maximum Gasteiger partial charge on any atom is 0.234 e. The van der Waals surface area contributed by atoms with Gasteiger partial charge >= 0.3 is 0 Å². The highest BCUT2D eigenvalue weighted by atomic mass is 32.2. The Morgan fingerprint density at radius 2 is 2.00 bits per heavy atom. The fourth-order valence-corrected chi connectivity index (χ4v) is 5.15. The van der Waals surface area contributed by atoms with Crippen LogP contribution in [0, 0.1) is 13.8 Å². The van der Waals surface area contributed by atoms with E-state index in [0.717, 1.165) is 22.6 Å². The third-order valence-corrected chi connectivity index (χ3v) is 6.65. The molecule has 0 saturated carbocycles. The molecule has 1 unspecified atom stereocenters. The number of aromatic nitrogens is 2.